The second-order valence-corrected chi connectivity index (χ2v) is 6.63. The lowest BCUT2D eigenvalue weighted by atomic mass is 10.2. The average Bonchev–Trinajstić information content (AvgIpc) is 2.98. The fraction of sp³-hybridized carbons (Fsp3) is 0.0625. The number of nitrogens with one attached hydrogen (secondary N) is 1. The van der Waals surface area contributed by atoms with Crippen LogP contribution in [-0.4, -0.2) is 18.8 Å². The summed E-state index contributed by atoms with van der Waals surface area (Å²) in [4.78, 5) is 10.5. The van der Waals surface area contributed by atoms with Crippen LogP contribution in [0.5, 0.6) is 0 Å². The number of benzene rings is 2. The zero-order valence-corrected chi connectivity index (χ0v) is 12.5. The van der Waals surface area contributed by atoms with Crippen molar-refractivity contribution in [2.75, 3.05) is 0 Å². The smallest absolute Gasteiger partial charge is 0.268 e. The van der Waals surface area contributed by atoms with Crippen LogP contribution in [0.3, 0.4) is 0 Å². The van der Waals surface area contributed by atoms with Crippen LogP contribution >= 0.6 is 0 Å². The minimum Gasteiger partial charge on any atom is -0.355 e. The summed E-state index contributed by atoms with van der Waals surface area (Å²) in [7, 11) is -3.63. The molecule has 0 spiro atoms. The zero-order chi connectivity index (χ0) is 15.6. The third kappa shape index (κ3) is 2.48. The zero-order valence-electron chi connectivity index (χ0n) is 11.6. The fourth-order valence-electron chi connectivity index (χ4n) is 2.32. The van der Waals surface area contributed by atoms with Crippen LogP contribution in [0.2, 0.25) is 0 Å². The van der Waals surface area contributed by atoms with Crippen LogP contribution in [0.4, 0.5) is 0 Å². The van der Waals surface area contributed by atoms with Crippen molar-refractivity contribution >= 4 is 27.3 Å². The third-order valence-electron chi connectivity index (χ3n) is 3.43. The molecule has 0 saturated heterocycles. The molecule has 3 rings (SSSR count). The van der Waals surface area contributed by atoms with Crippen LogP contribution in [-0.2, 0) is 21.4 Å². The molecule has 112 valence electrons. The van der Waals surface area contributed by atoms with Gasteiger partial charge in [-0.15, -0.1) is 0 Å². The van der Waals surface area contributed by atoms with Gasteiger partial charge in [-0.1, -0.05) is 30.3 Å². The molecule has 22 heavy (non-hydrogen) atoms. The molecule has 0 saturated carbocycles. The first kappa shape index (κ1) is 14.3. The molecule has 6 heteroatoms. The van der Waals surface area contributed by atoms with E-state index < -0.39 is 10.0 Å². The van der Waals surface area contributed by atoms with Gasteiger partial charge in [0.05, 0.1) is 10.4 Å². The number of rotatable bonds is 5. The minimum absolute atomic E-state index is 0.212. The lowest BCUT2D eigenvalue weighted by molar-refractivity contribution is -0.109. The normalized spacial score (nSPS) is 11.5. The van der Waals surface area contributed by atoms with Gasteiger partial charge >= 0.3 is 0 Å². The summed E-state index contributed by atoms with van der Waals surface area (Å²) in [5, 5.41) is 3.41. The van der Waals surface area contributed by atoms with Crippen molar-refractivity contribution in [3.8, 4) is 0 Å². The molecule has 2 aromatic carbocycles. The van der Waals surface area contributed by atoms with E-state index in [2.05, 4.69) is 5.32 Å². The Morgan fingerprint density at radius 2 is 1.73 bits per heavy atom. The average molecular weight is 314 g/mol. The van der Waals surface area contributed by atoms with Crippen LogP contribution in [0.25, 0.3) is 10.9 Å². The van der Waals surface area contributed by atoms with Crippen LogP contribution in [0, 0.1) is 0 Å². The fourth-order valence-corrected chi connectivity index (χ4v) is 3.67. The number of amides is 1. The van der Waals surface area contributed by atoms with Crippen LogP contribution in [0.15, 0.2) is 65.7 Å². The highest BCUT2D eigenvalue weighted by molar-refractivity contribution is 7.90. The van der Waals surface area contributed by atoms with Gasteiger partial charge in [0, 0.05) is 18.1 Å². The topological polar surface area (TPSA) is 68.2 Å². The summed E-state index contributed by atoms with van der Waals surface area (Å²) in [5.41, 5.74) is 1.48. The second kappa shape index (κ2) is 5.65. The molecular weight excluding hydrogens is 300 g/mol. The molecule has 1 amide bonds. The summed E-state index contributed by atoms with van der Waals surface area (Å²) in [6.45, 7) is 0.371. The summed E-state index contributed by atoms with van der Waals surface area (Å²) >= 11 is 0. The van der Waals surface area contributed by atoms with Gasteiger partial charge in [-0.2, -0.15) is 0 Å². The maximum absolute atomic E-state index is 12.7. The first-order chi connectivity index (χ1) is 10.6. The molecular formula is C16H14N2O3S. The van der Waals surface area contributed by atoms with Crippen molar-refractivity contribution in [2.24, 2.45) is 0 Å². The summed E-state index contributed by atoms with van der Waals surface area (Å²) in [5.74, 6) is 0. The lowest BCUT2D eigenvalue weighted by Gasteiger charge is -2.08. The molecule has 5 nitrogen and oxygen atoms in total. The van der Waals surface area contributed by atoms with Crippen molar-refractivity contribution in [3.05, 3.63) is 66.4 Å². The molecule has 3 aromatic rings. The van der Waals surface area contributed by atoms with Crippen LogP contribution in [0.1, 0.15) is 5.56 Å². The Labute approximate surface area is 128 Å². The Hall–Kier alpha value is -2.60. The summed E-state index contributed by atoms with van der Waals surface area (Å²) in [6, 6.07) is 15.6. The van der Waals surface area contributed by atoms with Gasteiger partial charge in [-0.05, 0) is 29.8 Å². The second-order valence-electron chi connectivity index (χ2n) is 4.82. The third-order valence-corrected chi connectivity index (χ3v) is 5.14. The number of para-hydroxylation sites is 1. The van der Waals surface area contributed by atoms with Gasteiger partial charge in [0.1, 0.15) is 0 Å². The van der Waals surface area contributed by atoms with Gasteiger partial charge in [-0.3, -0.25) is 4.79 Å². The molecule has 0 aliphatic carbocycles. The van der Waals surface area contributed by atoms with E-state index in [1.54, 1.807) is 42.6 Å². The number of carbonyl (C=O) groups excluding carboxylic acids is 1. The van der Waals surface area contributed by atoms with Gasteiger partial charge in [0.25, 0.3) is 10.0 Å². The van der Waals surface area contributed by atoms with Gasteiger partial charge in [-0.25, -0.2) is 12.4 Å². The molecule has 1 N–H and O–H groups in total. The van der Waals surface area contributed by atoms with Crippen molar-refractivity contribution in [1.82, 2.24) is 9.29 Å². The van der Waals surface area contributed by atoms with Crippen molar-refractivity contribution in [3.63, 3.8) is 0 Å². The first-order valence-electron chi connectivity index (χ1n) is 6.70. The Morgan fingerprint density at radius 1 is 1.00 bits per heavy atom. The largest absolute Gasteiger partial charge is 0.355 e. The molecule has 0 atom stereocenters. The number of fused-ring (bicyclic) bond motifs is 1. The number of nitrogens with zero attached hydrogens (tertiary/aromatic N) is 1. The highest BCUT2D eigenvalue weighted by atomic mass is 32.2. The van der Waals surface area contributed by atoms with E-state index in [4.69, 9.17) is 0 Å². The molecule has 0 bridgehead atoms. The Kier molecular flexibility index (Phi) is 3.68. The first-order valence-corrected chi connectivity index (χ1v) is 8.14. The predicted octanol–water partition coefficient (Wildman–Crippen LogP) is 2.12. The lowest BCUT2D eigenvalue weighted by Crippen LogP contribution is -2.13. The van der Waals surface area contributed by atoms with E-state index in [0.717, 1.165) is 10.9 Å². The maximum Gasteiger partial charge on any atom is 0.268 e. The monoisotopic (exact) mass is 314 g/mol. The molecule has 0 fully saturated rings. The highest BCUT2D eigenvalue weighted by Crippen LogP contribution is 2.22. The maximum atomic E-state index is 12.7. The highest BCUT2D eigenvalue weighted by Gasteiger charge is 2.18. The van der Waals surface area contributed by atoms with Gasteiger partial charge < -0.3 is 5.32 Å². The predicted molar refractivity (Wildman–Crippen MR) is 83.9 cm³/mol. The summed E-state index contributed by atoms with van der Waals surface area (Å²) in [6.07, 6.45) is 2.17. The van der Waals surface area contributed by atoms with Crippen molar-refractivity contribution < 1.29 is 13.2 Å². The number of hydrogen-bond donors (Lipinski definition) is 1. The molecule has 0 aliphatic rings. The van der Waals surface area contributed by atoms with Crippen molar-refractivity contribution in [2.45, 2.75) is 11.4 Å². The van der Waals surface area contributed by atoms with E-state index in [1.807, 2.05) is 18.2 Å². The van der Waals surface area contributed by atoms with E-state index in [1.165, 1.54) is 3.97 Å². The standard InChI is InChI=1S/C16H14N2O3S/c19-12-17-11-13-5-7-15(8-6-13)22(20,21)18-10-9-14-3-1-2-4-16(14)18/h1-10,12H,11H2,(H,17,19). The van der Waals surface area contributed by atoms with Crippen LogP contribution < -0.4 is 5.32 Å². The molecule has 1 aromatic heterocycles. The van der Waals surface area contributed by atoms with Crippen molar-refractivity contribution in [1.29, 1.82) is 0 Å². The number of carbonyl (C=O) groups is 1. The van der Waals surface area contributed by atoms with E-state index in [9.17, 15) is 13.2 Å². The van der Waals surface area contributed by atoms with Gasteiger partial charge in [0.2, 0.25) is 6.41 Å². The minimum atomic E-state index is -3.63. The summed E-state index contributed by atoms with van der Waals surface area (Å²) < 4.78 is 26.7. The number of hydrogen-bond acceptors (Lipinski definition) is 3. The van der Waals surface area contributed by atoms with Gasteiger partial charge in [0.15, 0.2) is 0 Å². The Balaban J connectivity index is 2.01. The molecule has 0 unspecified atom stereocenters. The quantitative estimate of drug-likeness (QED) is 0.734. The SMILES string of the molecule is O=CNCc1ccc(S(=O)(=O)n2ccc3ccccc32)cc1. The molecule has 1 heterocycles. The Morgan fingerprint density at radius 3 is 2.45 bits per heavy atom. The molecule has 0 radical (unpaired) electrons. The van der Waals surface area contributed by atoms with E-state index in [0.29, 0.717) is 18.5 Å². The number of aromatic nitrogens is 1. The molecule has 0 aliphatic heterocycles. The Bertz CT molecular complexity index is 912. The van der Waals surface area contributed by atoms with E-state index in [-0.39, 0.29) is 4.90 Å². The van der Waals surface area contributed by atoms with E-state index >= 15 is 0 Å².